The van der Waals surface area contributed by atoms with Crippen LogP contribution in [-0.2, 0) is 6.42 Å². The largest absolute Gasteiger partial charge is 0.391 e. The molecule has 0 amide bonds. The number of hydrogen-bond donors (Lipinski definition) is 2. The number of aliphatic hydroxyl groups excluding tert-OH is 1. The summed E-state index contributed by atoms with van der Waals surface area (Å²) in [6.45, 7) is 10.3. The standard InChI is InChI=1S/C15H29N3O/c1-5-14(6-2)18-8-7-13(17-18)9-15(19)11-16-10-12(3)4/h7-8,12,14-16,19H,5-6,9-11H2,1-4H3. The molecule has 1 heterocycles. The molecule has 1 rings (SSSR count). The number of hydrogen-bond acceptors (Lipinski definition) is 3. The smallest absolute Gasteiger partial charge is 0.0720 e. The van der Waals surface area contributed by atoms with E-state index in [-0.39, 0.29) is 6.10 Å². The lowest BCUT2D eigenvalue weighted by Gasteiger charge is -2.13. The lowest BCUT2D eigenvalue weighted by molar-refractivity contribution is 0.169. The van der Waals surface area contributed by atoms with E-state index in [9.17, 15) is 5.11 Å². The molecule has 1 atom stereocenters. The molecule has 2 N–H and O–H groups in total. The van der Waals surface area contributed by atoms with Gasteiger partial charge in [0, 0.05) is 19.2 Å². The highest BCUT2D eigenvalue weighted by atomic mass is 16.3. The minimum atomic E-state index is -0.358. The van der Waals surface area contributed by atoms with Crippen LogP contribution in [0.3, 0.4) is 0 Å². The van der Waals surface area contributed by atoms with Crippen molar-refractivity contribution in [2.75, 3.05) is 13.1 Å². The van der Waals surface area contributed by atoms with E-state index in [1.165, 1.54) is 0 Å². The molecule has 0 aromatic carbocycles. The van der Waals surface area contributed by atoms with Crippen LogP contribution < -0.4 is 5.32 Å². The molecule has 0 aliphatic rings. The molecule has 4 heteroatoms. The zero-order chi connectivity index (χ0) is 14.3. The summed E-state index contributed by atoms with van der Waals surface area (Å²) in [5.41, 5.74) is 0.978. The highest BCUT2D eigenvalue weighted by Crippen LogP contribution is 2.14. The first-order chi connectivity index (χ1) is 9.06. The molecule has 1 unspecified atom stereocenters. The van der Waals surface area contributed by atoms with Crippen molar-refractivity contribution < 1.29 is 5.11 Å². The molecule has 0 aliphatic carbocycles. The highest BCUT2D eigenvalue weighted by molar-refractivity contribution is 5.01. The quantitative estimate of drug-likeness (QED) is 0.722. The van der Waals surface area contributed by atoms with Crippen molar-refractivity contribution in [3.63, 3.8) is 0 Å². The second-order valence-corrected chi connectivity index (χ2v) is 5.67. The van der Waals surface area contributed by atoms with Gasteiger partial charge in [0.05, 0.1) is 17.8 Å². The van der Waals surface area contributed by atoms with Crippen LogP contribution in [0, 0.1) is 5.92 Å². The molecular formula is C15H29N3O. The minimum Gasteiger partial charge on any atom is -0.391 e. The van der Waals surface area contributed by atoms with Gasteiger partial charge in [-0.2, -0.15) is 5.10 Å². The monoisotopic (exact) mass is 267 g/mol. The predicted molar refractivity (Wildman–Crippen MR) is 79.3 cm³/mol. The summed E-state index contributed by atoms with van der Waals surface area (Å²) in [6.07, 6.45) is 4.48. The molecule has 19 heavy (non-hydrogen) atoms. The Kier molecular flexibility index (Phi) is 7.10. The van der Waals surface area contributed by atoms with Gasteiger partial charge in [-0.25, -0.2) is 0 Å². The molecule has 0 saturated carbocycles. The summed E-state index contributed by atoms with van der Waals surface area (Å²) in [5.74, 6) is 0.612. The Morgan fingerprint density at radius 1 is 1.26 bits per heavy atom. The Bertz CT molecular complexity index is 345. The summed E-state index contributed by atoms with van der Waals surface area (Å²) in [5, 5.41) is 17.8. The van der Waals surface area contributed by atoms with Crippen molar-refractivity contribution >= 4 is 0 Å². The summed E-state index contributed by atoms with van der Waals surface area (Å²) in [6, 6.07) is 2.49. The number of aliphatic hydroxyl groups is 1. The van der Waals surface area contributed by atoms with E-state index < -0.39 is 0 Å². The number of rotatable bonds is 9. The van der Waals surface area contributed by atoms with Crippen molar-refractivity contribution in [3.8, 4) is 0 Å². The van der Waals surface area contributed by atoms with Crippen molar-refractivity contribution in [2.45, 2.75) is 59.1 Å². The fraction of sp³-hybridized carbons (Fsp3) is 0.800. The van der Waals surface area contributed by atoms with Gasteiger partial charge in [0.15, 0.2) is 0 Å². The normalized spacial score (nSPS) is 13.4. The lowest BCUT2D eigenvalue weighted by Crippen LogP contribution is -2.31. The van der Waals surface area contributed by atoms with Crippen molar-refractivity contribution in [1.29, 1.82) is 0 Å². The van der Waals surface area contributed by atoms with Crippen molar-refractivity contribution in [2.24, 2.45) is 5.92 Å². The maximum atomic E-state index is 9.97. The van der Waals surface area contributed by atoms with Crippen LogP contribution in [0.4, 0.5) is 0 Å². The van der Waals surface area contributed by atoms with Gasteiger partial charge in [-0.3, -0.25) is 4.68 Å². The lowest BCUT2D eigenvalue weighted by atomic mass is 10.2. The maximum Gasteiger partial charge on any atom is 0.0720 e. The number of nitrogens with one attached hydrogen (secondary N) is 1. The third-order valence-corrected chi connectivity index (χ3v) is 3.36. The van der Waals surface area contributed by atoms with Gasteiger partial charge in [-0.05, 0) is 31.4 Å². The molecule has 110 valence electrons. The Morgan fingerprint density at radius 2 is 1.95 bits per heavy atom. The Hall–Kier alpha value is -0.870. The molecule has 0 spiro atoms. The second-order valence-electron chi connectivity index (χ2n) is 5.67. The molecule has 0 radical (unpaired) electrons. The van der Waals surface area contributed by atoms with E-state index >= 15 is 0 Å². The summed E-state index contributed by atoms with van der Waals surface area (Å²) >= 11 is 0. The third-order valence-electron chi connectivity index (χ3n) is 3.36. The van der Waals surface area contributed by atoms with Crippen LogP contribution in [-0.4, -0.2) is 34.1 Å². The zero-order valence-electron chi connectivity index (χ0n) is 12.8. The van der Waals surface area contributed by atoms with Gasteiger partial charge in [-0.15, -0.1) is 0 Å². The maximum absolute atomic E-state index is 9.97. The van der Waals surface area contributed by atoms with Gasteiger partial charge >= 0.3 is 0 Å². The van der Waals surface area contributed by atoms with Gasteiger partial charge in [0.25, 0.3) is 0 Å². The number of nitrogens with zero attached hydrogens (tertiary/aromatic N) is 2. The number of aromatic nitrogens is 2. The Labute approximate surface area is 117 Å². The first kappa shape index (κ1) is 16.2. The predicted octanol–water partition coefficient (Wildman–Crippen LogP) is 2.39. The van der Waals surface area contributed by atoms with E-state index in [4.69, 9.17) is 0 Å². The zero-order valence-corrected chi connectivity index (χ0v) is 12.8. The van der Waals surface area contributed by atoms with E-state index in [2.05, 4.69) is 38.1 Å². The van der Waals surface area contributed by atoms with E-state index in [1.54, 1.807) is 0 Å². The summed E-state index contributed by atoms with van der Waals surface area (Å²) < 4.78 is 2.03. The molecular weight excluding hydrogens is 238 g/mol. The van der Waals surface area contributed by atoms with Crippen LogP contribution in [0.5, 0.6) is 0 Å². The van der Waals surface area contributed by atoms with E-state index in [0.29, 0.717) is 24.9 Å². The van der Waals surface area contributed by atoms with Gasteiger partial charge in [0.2, 0.25) is 0 Å². The first-order valence-electron chi connectivity index (χ1n) is 7.49. The molecule has 0 saturated heterocycles. The first-order valence-corrected chi connectivity index (χ1v) is 7.49. The topological polar surface area (TPSA) is 50.1 Å². The minimum absolute atomic E-state index is 0.358. The van der Waals surface area contributed by atoms with Crippen molar-refractivity contribution in [3.05, 3.63) is 18.0 Å². The van der Waals surface area contributed by atoms with Gasteiger partial charge in [-0.1, -0.05) is 27.7 Å². The van der Waals surface area contributed by atoms with Crippen LogP contribution in [0.1, 0.15) is 52.3 Å². The SMILES string of the molecule is CCC(CC)n1ccc(CC(O)CNCC(C)C)n1. The van der Waals surface area contributed by atoms with Gasteiger partial charge < -0.3 is 10.4 Å². The average Bonchev–Trinajstić information content (AvgIpc) is 2.78. The molecule has 0 bridgehead atoms. The van der Waals surface area contributed by atoms with Gasteiger partial charge in [0.1, 0.15) is 0 Å². The third kappa shape index (κ3) is 5.74. The van der Waals surface area contributed by atoms with E-state index in [0.717, 1.165) is 25.1 Å². The Balaban J connectivity index is 2.40. The van der Waals surface area contributed by atoms with Crippen LogP contribution >= 0.6 is 0 Å². The second kappa shape index (κ2) is 8.33. The molecule has 0 aliphatic heterocycles. The summed E-state index contributed by atoms with van der Waals surface area (Å²) in [7, 11) is 0. The fourth-order valence-corrected chi connectivity index (χ4v) is 2.20. The van der Waals surface area contributed by atoms with E-state index in [1.807, 2.05) is 16.9 Å². The van der Waals surface area contributed by atoms with Crippen LogP contribution in [0.2, 0.25) is 0 Å². The Morgan fingerprint density at radius 3 is 2.53 bits per heavy atom. The van der Waals surface area contributed by atoms with Crippen molar-refractivity contribution in [1.82, 2.24) is 15.1 Å². The average molecular weight is 267 g/mol. The molecule has 1 aromatic rings. The molecule has 4 nitrogen and oxygen atoms in total. The summed E-state index contributed by atoms with van der Waals surface area (Å²) in [4.78, 5) is 0. The van der Waals surface area contributed by atoms with Crippen LogP contribution in [0.25, 0.3) is 0 Å². The van der Waals surface area contributed by atoms with Crippen LogP contribution in [0.15, 0.2) is 12.3 Å². The highest BCUT2D eigenvalue weighted by Gasteiger charge is 2.11. The fourth-order valence-electron chi connectivity index (χ4n) is 2.20. The molecule has 0 fully saturated rings. The molecule has 1 aromatic heterocycles.